The summed E-state index contributed by atoms with van der Waals surface area (Å²) in [5.74, 6) is -0.0405. The van der Waals surface area contributed by atoms with Crippen molar-refractivity contribution in [2.45, 2.75) is 23.1 Å². The molecule has 1 saturated heterocycles. The van der Waals surface area contributed by atoms with Gasteiger partial charge in [0.1, 0.15) is 18.9 Å². The molecule has 3 aromatic carbocycles. The normalized spacial score (nSPS) is 14.4. The maximum atomic E-state index is 13.5. The van der Waals surface area contributed by atoms with Crippen LogP contribution in [-0.4, -0.2) is 73.0 Å². The number of benzene rings is 3. The Hall–Kier alpha value is -3.45. The van der Waals surface area contributed by atoms with Gasteiger partial charge in [0.15, 0.2) is 0 Å². The topological polar surface area (TPSA) is 122 Å². The minimum Gasteiger partial charge on any atom is -0.492 e. The lowest BCUT2D eigenvalue weighted by atomic mass is 10.1. The van der Waals surface area contributed by atoms with Gasteiger partial charge in [-0.3, -0.25) is 9.10 Å². The SMILES string of the molecule is CCc1ccccc1N(CC(=O)NCCOc1ccc(S(=O)(=O)N2CCOCC2)cc1)S(=O)(=O)c1ccccc1. The third-order valence-corrected chi connectivity index (χ3v) is 10.1. The molecule has 0 bridgehead atoms. The van der Waals surface area contributed by atoms with Gasteiger partial charge in [0.05, 0.1) is 35.2 Å². The fraction of sp³-hybridized carbons (Fsp3) is 0.321. The van der Waals surface area contributed by atoms with Crippen LogP contribution in [0.4, 0.5) is 5.69 Å². The number of ether oxygens (including phenoxy) is 2. The first-order valence-corrected chi connectivity index (χ1v) is 15.8. The highest BCUT2D eigenvalue weighted by molar-refractivity contribution is 7.92. The van der Waals surface area contributed by atoms with Gasteiger partial charge >= 0.3 is 0 Å². The van der Waals surface area contributed by atoms with Gasteiger partial charge in [-0.25, -0.2) is 16.8 Å². The minimum absolute atomic E-state index is 0.0936. The molecule has 0 atom stereocenters. The van der Waals surface area contributed by atoms with Crippen LogP contribution in [0.3, 0.4) is 0 Å². The molecule has 1 amide bonds. The molecule has 1 aliphatic heterocycles. The Morgan fingerprint density at radius 2 is 1.55 bits per heavy atom. The number of carbonyl (C=O) groups excluding carboxylic acids is 1. The first-order valence-electron chi connectivity index (χ1n) is 13.0. The van der Waals surface area contributed by atoms with Gasteiger partial charge in [0, 0.05) is 13.1 Å². The van der Waals surface area contributed by atoms with Crippen LogP contribution in [0.2, 0.25) is 0 Å². The molecule has 1 aliphatic rings. The summed E-state index contributed by atoms with van der Waals surface area (Å²) < 4.78 is 66.0. The molecular weight excluding hydrogens is 554 g/mol. The maximum absolute atomic E-state index is 13.5. The molecule has 3 aromatic rings. The molecule has 0 radical (unpaired) electrons. The van der Waals surface area contributed by atoms with Crippen molar-refractivity contribution in [2.24, 2.45) is 0 Å². The van der Waals surface area contributed by atoms with E-state index in [9.17, 15) is 21.6 Å². The Bertz CT molecular complexity index is 1490. The van der Waals surface area contributed by atoms with E-state index in [0.717, 1.165) is 9.87 Å². The van der Waals surface area contributed by atoms with Crippen molar-refractivity contribution in [1.82, 2.24) is 9.62 Å². The molecule has 12 heteroatoms. The zero-order chi connectivity index (χ0) is 28.6. The van der Waals surface area contributed by atoms with Crippen LogP contribution >= 0.6 is 0 Å². The molecule has 0 aromatic heterocycles. The number of hydrogen-bond donors (Lipinski definition) is 1. The Kier molecular flexibility index (Phi) is 9.80. The van der Waals surface area contributed by atoms with Crippen LogP contribution in [0.1, 0.15) is 12.5 Å². The minimum atomic E-state index is -4.00. The summed E-state index contributed by atoms with van der Waals surface area (Å²) in [6.07, 6.45) is 0.596. The standard InChI is InChI=1S/C28H33N3O7S2/c1-2-23-8-6-7-11-27(23)31(40(35,36)25-9-4-3-5-10-25)22-28(32)29-16-19-38-24-12-14-26(15-13-24)39(33,34)30-17-20-37-21-18-30/h3-15H,2,16-22H2,1H3,(H,29,32). The number of para-hydroxylation sites is 1. The molecule has 214 valence electrons. The summed E-state index contributed by atoms with van der Waals surface area (Å²) in [4.78, 5) is 13.1. The molecule has 1 N–H and O–H groups in total. The molecule has 0 unspecified atom stereocenters. The zero-order valence-corrected chi connectivity index (χ0v) is 23.9. The fourth-order valence-corrected chi connectivity index (χ4v) is 7.15. The number of nitrogens with one attached hydrogen (secondary N) is 1. The van der Waals surface area contributed by atoms with Crippen molar-refractivity contribution in [2.75, 3.05) is 50.3 Å². The molecule has 40 heavy (non-hydrogen) atoms. The smallest absolute Gasteiger partial charge is 0.264 e. The quantitative estimate of drug-likeness (QED) is 0.323. The van der Waals surface area contributed by atoms with Gasteiger partial charge in [-0.05, 0) is 54.4 Å². The van der Waals surface area contributed by atoms with Crippen molar-refractivity contribution in [3.63, 3.8) is 0 Å². The summed E-state index contributed by atoms with van der Waals surface area (Å²) in [7, 11) is -7.60. The van der Waals surface area contributed by atoms with Gasteiger partial charge < -0.3 is 14.8 Å². The third kappa shape index (κ3) is 7.00. The summed E-state index contributed by atoms with van der Waals surface area (Å²) in [6, 6.07) is 21.2. The van der Waals surface area contributed by atoms with Crippen LogP contribution in [0.15, 0.2) is 88.7 Å². The van der Waals surface area contributed by atoms with E-state index in [4.69, 9.17) is 9.47 Å². The van der Waals surface area contributed by atoms with Crippen molar-refractivity contribution in [3.8, 4) is 5.75 Å². The zero-order valence-electron chi connectivity index (χ0n) is 22.2. The molecule has 0 saturated carbocycles. The number of hydrogen-bond acceptors (Lipinski definition) is 7. The number of amides is 1. The van der Waals surface area contributed by atoms with Crippen LogP contribution < -0.4 is 14.4 Å². The van der Waals surface area contributed by atoms with Crippen LogP contribution in [0.5, 0.6) is 5.75 Å². The maximum Gasteiger partial charge on any atom is 0.264 e. The number of nitrogens with zero attached hydrogens (tertiary/aromatic N) is 2. The van der Waals surface area contributed by atoms with Crippen molar-refractivity contribution >= 4 is 31.6 Å². The van der Waals surface area contributed by atoms with E-state index in [2.05, 4.69) is 5.32 Å². The molecule has 0 spiro atoms. The first kappa shape index (κ1) is 29.5. The lowest BCUT2D eigenvalue weighted by molar-refractivity contribution is -0.119. The number of carbonyl (C=O) groups is 1. The second-order valence-corrected chi connectivity index (χ2v) is 12.8. The van der Waals surface area contributed by atoms with Crippen LogP contribution in [0.25, 0.3) is 0 Å². The summed E-state index contributed by atoms with van der Waals surface area (Å²) in [5, 5.41) is 2.71. The second-order valence-electron chi connectivity index (χ2n) is 8.99. The molecule has 1 heterocycles. The molecular formula is C28H33N3O7S2. The fourth-order valence-electron chi connectivity index (χ4n) is 4.26. The predicted molar refractivity (Wildman–Crippen MR) is 151 cm³/mol. The monoisotopic (exact) mass is 587 g/mol. The molecule has 4 rings (SSSR count). The van der Waals surface area contributed by atoms with Gasteiger partial charge in [0.25, 0.3) is 10.0 Å². The Morgan fingerprint density at radius 3 is 2.23 bits per heavy atom. The van der Waals surface area contributed by atoms with E-state index in [0.29, 0.717) is 44.2 Å². The van der Waals surface area contributed by atoms with E-state index in [-0.39, 0.29) is 22.9 Å². The number of anilines is 1. The van der Waals surface area contributed by atoms with Gasteiger partial charge in [-0.2, -0.15) is 4.31 Å². The van der Waals surface area contributed by atoms with E-state index in [1.807, 2.05) is 19.1 Å². The van der Waals surface area contributed by atoms with Crippen molar-refractivity contribution in [1.29, 1.82) is 0 Å². The Morgan fingerprint density at radius 1 is 0.900 bits per heavy atom. The van der Waals surface area contributed by atoms with Crippen molar-refractivity contribution < 1.29 is 31.1 Å². The highest BCUT2D eigenvalue weighted by atomic mass is 32.2. The van der Waals surface area contributed by atoms with Gasteiger partial charge in [-0.15, -0.1) is 0 Å². The van der Waals surface area contributed by atoms with E-state index >= 15 is 0 Å². The lowest BCUT2D eigenvalue weighted by Gasteiger charge is -2.26. The second kappa shape index (κ2) is 13.3. The lowest BCUT2D eigenvalue weighted by Crippen LogP contribution is -2.42. The summed E-state index contributed by atoms with van der Waals surface area (Å²) in [6.45, 7) is 3.12. The number of rotatable bonds is 12. The number of sulfonamides is 2. The van der Waals surface area contributed by atoms with Crippen molar-refractivity contribution in [3.05, 3.63) is 84.4 Å². The van der Waals surface area contributed by atoms with Gasteiger partial charge in [-0.1, -0.05) is 43.3 Å². The highest BCUT2D eigenvalue weighted by Crippen LogP contribution is 2.27. The van der Waals surface area contributed by atoms with E-state index < -0.39 is 32.5 Å². The molecule has 1 fully saturated rings. The predicted octanol–water partition coefficient (Wildman–Crippen LogP) is 2.66. The Labute approximate surface area is 235 Å². The summed E-state index contributed by atoms with van der Waals surface area (Å²) in [5.41, 5.74) is 1.25. The number of aryl methyl sites for hydroxylation is 1. The number of morpholine rings is 1. The van der Waals surface area contributed by atoms with Crippen LogP contribution in [0, 0.1) is 0 Å². The van der Waals surface area contributed by atoms with E-state index in [1.54, 1.807) is 42.5 Å². The first-order chi connectivity index (χ1) is 19.2. The average Bonchev–Trinajstić information content (AvgIpc) is 2.99. The van der Waals surface area contributed by atoms with Gasteiger partial charge in [0.2, 0.25) is 15.9 Å². The molecule has 10 nitrogen and oxygen atoms in total. The molecule has 0 aliphatic carbocycles. The summed E-state index contributed by atoms with van der Waals surface area (Å²) >= 11 is 0. The Balaban J connectivity index is 1.36. The van der Waals surface area contributed by atoms with E-state index in [1.165, 1.54) is 28.6 Å². The largest absolute Gasteiger partial charge is 0.492 e. The van der Waals surface area contributed by atoms with Crippen LogP contribution in [-0.2, 0) is 36.0 Å². The third-order valence-electron chi connectivity index (χ3n) is 6.38. The average molecular weight is 588 g/mol. The highest BCUT2D eigenvalue weighted by Gasteiger charge is 2.29.